The number of nitrogens with one attached hydrogen (secondary N) is 2. The number of aromatic nitrogens is 2. The lowest BCUT2D eigenvalue weighted by Gasteiger charge is -2.14. The molecule has 0 bridgehead atoms. The minimum Gasteiger partial charge on any atom is -0.496 e. The Balaban J connectivity index is 1.67. The number of halogens is 1. The molecule has 2 N–H and O–H groups in total. The van der Waals surface area contributed by atoms with Crippen LogP contribution in [0.4, 0.5) is 17.5 Å². The van der Waals surface area contributed by atoms with Gasteiger partial charge in [0, 0.05) is 17.5 Å². The number of rotatable bonds is 6. The lowest BCUT2D eigenvalue weighted by Crippen LogP contribution is -2.06. The number of fused-ring (bicyclic) bond motifs is 1. The minimum absolute atomic E-state index is 0.481. The Morgan fingerprint density at radius 2 is 1.64 bits per heavy atom. The van der Waals surface area contributed by atoms with Crippen molar-refractivity contribution < 1.29 is 4.74 Å². The molecular weight excluding hydrogens is 372 g/mol. The summed E-state index contributed by atoms with van der Waals surface area (Å²) < 4.78 is 5.44. The molecule has 0 saturated heterocycles. The average Bonchev–Trinajstić information content (AvgIpc) is 2.74. The summed E-state index contributed by atoms with van der Waals surface area (Å²) in [5, 5.41) is 8.18. The molecule has 0 aliphatic heterocycles. The van der Waals surface area contributed by atoms with Crippen molar-refractivity contribution in [2.75, 3.05) is 17.7 Å². The van der Waals surface area contributed by atoms with Crippen molar-refractivity contribution in [1.29, 1.82) is 0 Å². The van der Waals surface area contributed by atoms with E-state index in [1.165, 1.54) is 0 Å². The van der Waals surface area contributed by atoms with E-state index >= 15 is 0 Å². The summed E-state index contributed by atoms with van der Waals surface area (Å²) in [4.78, 5) is 9.29. The fraction of sp³-hybridized carbons (Fsp3) is 0.0909. The highest BCUT2D eigenvalue weighted by atomic mass is 35.5. The Labute approximate surface area is 168 Å². The zero-order valence-corrected chi connectivity index (χ0v) is 16.1. The molecule has 3 aromatic carbocycles. The second-order valence-electron chi connectivity index (χ2n) is 6.18. The SMILES string of the molecule is COc1ccccc1CNc1nc(Nc2ccccc2Cl)nc2ccccc12. The normalized spacial score (nSPS) is 10.6. The van der Waals surface area contributed by atoms with Gasteiger partial charge >= 0.3 is 0 Å². The van der Waals surface area contributed by atoms with Crippen LogP contribution in [0.3, 0.4) is 0 Å². The number of hydrogen-bond donors (Lipinski definition) is 2. The van der Waals surface area contributed by atoms with E-state index in [1.54, 1.807) is 7.11 Å². The highest BCUT2D eigenvalue weighted by Crippen LogP contribution is 2.27. The standard InChI is InChI=1S/C22H19ClN4O/c1-28-20-13-7-2-8-15(20)14-24-21-16-9-3-5-11-18(16)25-22(27-21)26-19-12-6-4-10-17(19)23/h2-13H,14H2,1H3,(H2,24,25,26,27). The fourth-order valence-electron chi connectivity index (χ4n) is 2.98. The molecular formula is C22H19ClN4O. The van der Waals surface area contributed by atoms with Gasteiger partial charge in [0.25, 0.3) is 0 Å². The van der Waals surface area contributed by atoms with Crippen LogP contribution in [0.2, 0.25) is 5.02 Å². The quantitative estimate of drug-likeness (QED) is 0.445. The van der Waals surface area contributed by atoms with Gasteiger partial charge in [-0.2, -0.15) is 4.98 Å². The van der Waals surface area contributed by atoms with Crippen LogP contribution in [0, 0.1) is 0 Å². The lowest BCUT2D eigenvalue weighted by molar-refractivity contribution is 0.410. The van der Waals surface area contributed by atoms with E-state index in [4.69, 9.17) is 16.3 Å². The van der Waals surface area contributed by atoms with E-state index in [-0.39, 0.29) is 0 Å². The van der Waals surface area contributed by atoms with E-state index in [1.807, 2.05) is 72.8 Å². The molecule has 1 aromatic heterocycles. The molecule has 0 fully saturated rings. The fourth-order valence-corrected chi connectivity index (χ4v) is 3.16. The second-order valence-corrected chi connectivity index (χ2v) is 6.59. The Hall–Kier alpha value is -3.31. The van der Waals surface area contributed by atoms with Crippen molar-refractivity contribution in [3.05, 3.63) is 83.4 Å². The van der Waals surface area contributed by atoms with Gasteiger partial charge in [-0.25, -0.2) is 4.98 Å². The molecule has 4 aromatic rings. The topological polar surface area (TPSA) is 59.1 Å². The average molecular weight is 391 g/mol. The molecule has 140 valence electrons. The number of para-hydroxylation sites is 3. The zero-order valence-electron chi connectivity index (χ0n) is 15.3. The van der Waals surface area contributed by atoms with E-state index in [2.05, 4.69) is 20.6 Å². The number of anilines is 3. The van der Waals surface area contributed by atoms with Crippen LogP contribution < -0.4 is 15.4 Å². The first kappa shape index (κ1) is 18.1. The Morgan fingerprint density at radius 1 is 0.893 bits per heavy atom. The third kappa shape index (κ3) is 3.85. The molecule has 4 rings (SSSR count). The van der Waals surface area contributed by atoms with Crippen LogP contribution in [0.1, 0.15) is 5.56 Å². The second kappa shape index (κ2) is 8.15. The molecule has 0 spiro atoms. The monoisotopic (exact) mass is 390 g/mol. The predicted molar refractivity (Wildman–Crippen MR) is 115 cm³/mol. The maximum Gasteiger partial charge on any atom is 0.229 e. The summed E-state index contributed by atoms with van der Waals surface area (Å²) in [6, 6.07) is 23.3. The van der Waals surface area contributed by atoms with Crippen LogP contribution in [0.5, 0.6) is 5.75 Å². The third-order valence-corrected chi connectivity index (χ3v) is 4.69. The van der Waals surface area contributed by atoms with Crippen molar-refractivity contribution in [2.45, 2.75) is 6.54 Å². The van der Waals surface area contributed by atoms with Gasteiger partial charge in [-0.15, -0.1) is 0 Å². The molecule has 0 atom stereocenters. The summed E-state index contributed by atoms with van der Waals surface area (Å²) >= 11 is 6.26. The zero-order chi connectivity index (χ0) is 19.3. The first-order chi connectivity index (χ1) is 13.7. The van der Waals surface area contributed by atoms with Crippen LogP contribution in [0.15, 0.2) is 72.8 Å². The maximum absolute atomic E-state index is 6.26. The minimum atomic E-state index is 0.481. The molecule has 5 nitrogen and oxygen atoms in total. The van der Waals surface area contributed by atoms with Gasteiger partial charge in [0.05, 0.1) is 23.3 Å². The number of nitrogens with zero attached hydrogens (tertiary/aromatic N) is 2. The van der Waals surface area contributed by atoms with E-state index in [0.29, 0.717) is 17.5 Å². The van der Waals surface area contributed by atoms with Crippen molar-refractivity contribution in [3.8, 4) is 5.75 Å². The molecule has 0 amide bonds. The Kier molecular flexibility index (Phi) is 5.26. The summed E-state index contributed by atoms with van der Waals surface area (Å²) in [5.74, 6) is 2.06. The van der Waals surface area contributed by atoms with Crippen molar-refractivity contribution in [1.82, 2.24) is 9.97 Å². The number of hydrogen-bond acceptors (Lipinski definition) is 5. The van der Waals surface area contributed by atoms with Gasteiger partial charge in [0.15, 0.2) is 0 Å². The van der Waals surface area contributed by atoms with E-state index < -0.39 is 0 Å². The van der Waals surface area contributed by atoms with Crippen LogP contribution in [-0.2, 0) is 6.54 Å². The van der Waals surface area contributed by atoms with Crippen molar-refractivity contribution in [2.24, 2.45) is 0 Å². The molecule has 0 aliphatic carbocycles. The highest BCUT2D eigenvalue weighted by Gasteiger charge is 2.10. The number of ether oxygens (including phenoxy) is 1. The number of methoxy groups -OCH3 is 1. The van der Waals surface area contributed by atoms with E-state index in [0.717, 1.165) is 33.7 Å². The van der Waals surface area contributed by atoms with Crippen molar-refractivity contribution >= 4 is 40.0 Å². The molecule has 1 heterocycles. The molecule has 28 heavy (non-hydrogen) atoms. The van der Waals surface area contributed by atoms with Gasteiger partial charge in [-0.1, -0.05) is 54.1 Å². The summed E-state index contributed by atoms with van der Waals surface area (Å²) in [5.41, 5.74) is 2.65. The van der Waals surface area contributed by atoms with Gasteiger partial charge in [-0.05, 0) is 30.3 Å². The molecule has 6 heteroatoms. The summed E-state index contributed by atoms with van der Waals surface area (Å²) in [6.07, 6.45) is 0. The molecule has 0 saturated carbocycles. The summed E-state index contributed by atoms with van der Waals surface area (Å²) in [6.45, 7) is 0.580. The van der Waals surface area contributed by atoms with Gasteiger partial charge in [-0.3, -0.25) is 0 Å². The van der Waals surface area contributed by atoms with Crippen LogP contribution in [-0.4, -0.2) is 17.1 Å². The maximum atomic E-state index is 6.26. The van der Waals surface area contributed by atoms with Gasteiger partial charge in [0.2, 0.25) is 5.95 Å². The lowest BCUT2D eigenvalue weighted by atomic mass is 10.2. The highest BCUT2D eigenvalue weighted by molar-refractivity contribution is 6.33. The largest absolute Gasteiger partial charge is 0.496 e. The van der Waals surface area contributed by atoms with E-state index in [9.17, 15) is 0 Å². The molecule has 0 unspecified atom stereocenters. The van der Waals surface area contributed by atoms with Crippen LogP contribution in [0.25, 0.3) is 10.9 Å². The first-order valence-corrected chi connectivity index (χ1v) is 9.26. The predicted octanol–water partition coefficient (Wildman–Crippen LogP) is 5.65. The number of benzene rings is 3. The van der Waals surface area contributed by atoms with Gasteiger partial charge in [0.1, 0.15) is 11.6 Å². The first-order valence-electron chi connectivity index (χ1n) is 8.88. The Morgan fingerprint density at radius 3 is 2.50 bits per heavy atom. The van der Waals surface area contributed by atoms with Gasteiger partial charge < -0.3 is 15.4 Å². The summed E-state index contributed by atoms with van der Waals surface area (Å²) in [7, 11) is 1.67. The van der Waals surface area contributed by atoms with Crippen molar-refractivity contribution in [3.63, 3.8) is 0 Å². The van der Waals surface area contributed by atoms with Crippen LogP contribution >= 0.6 is 11.6 Å². The molecule has 0 aliphatic rings. The Bertz CT molecular complexity index is 1120. The third-order valence-electron chi connectivity index (χ3n) is 4.36. The molecule has 0 radical (unpaired) electrons. The smallest absolute Gasteiger partial charge is 0.229 e.